The molecule has 0 fully saturated rings. The first-order valence-corrected chi connectivity index (χ1v) is 12.8. The van der Waals surface area contributed by atoms with Gasteiger partial charge in [-0.2, -0.15) is 0 Å². The van der Waals surface area contributed by atoms with Crippen LogP contribution in [0.5, 0.6) is 5.88 Å². The highest BCUT2D eigenvalue weighted by molar-refractivity contribution is 6.30. The second-order valence-corrected chi connectivity index (χ2v) is 9.62. The average molecular weight is 582 g/mol. The van der Waals surface area contributed by atoms with Crippen LogP contribution in [0.2, 0.25) is 5.02 Å². The van der Waals surface area contributed by atoms with Gasteiger partial charge in [0.2, 0.25) is 5.88 Å². The van der Waals surface area contributed by atoms with Crippen molar-refractivity contribution in [2.75, 3.05) is 13.7 Å². The first-order valence-electron chi connectivity index (χ1n) is 12.5. The Kier molecular flexibility index (Phi) is 8.23. The van der Waals surface area contributed by atoms with Crippen molar-refractivity contribution in [3.05, 3.63) is 112 Å². The van der Waals surface area contributed by atoms with E-state index in [4.69, 9.17) is 21.1 Å². The zero-order chi connectivity index (χ0) is 29.1. The molecule has 0 spiro atoms. The van der Waals surface area contributed by atoms with Crippen molar-refractivity contribution < 1.29 is 32.5 Å². The summed E-state index contributed by atoms with van der Waals surface area (Å²) in [6.45, 7) is 0.608. The number of nitrogens with zero attached hydrogens (tertiary/aromatic N) is 3. The maximum absolute atomic E-state index is 15.3. The molecule has 0 amide bonds. The largest absolute Gasteiger partial charge is 0.478 e. The van der Waals surface area contributed by atoms with Crippen molar-refractivity contribution in [3.63, 3.8) is 0 Å². The number of halogens is 4. The normalized spacial score (nSPS) is 11.2. The van der Waals surface area contributed by atoms with E-state index in [2.05, 4.69) is 9.97 Å². The van der Waals surface area contributed by atoms with Crippen molar-refractivity contribution in [2.45, 2.75) is 19.6 Å². The SMILES string of the molecule is COCCn1c(Cc2cc(F)c(-c3cccc(OCc4ccc(Cl)cc4)n3)cc2F)nc2c(F)cc(C(=O)O)cc21. The molecule has 11 heteroatoms. The molecular weight excluding hydrogens is 559 g/mol. The van der Waals surface area contributed by atoms with Crippen LogP contribution in [0.25, 0.3) is 22.3 Å². The molecule has 7 nitrogen and oxygen atoms in total. The Morgan fingerprint density at radius 1 is 0.976 bits per heavy atom. The van der Waals surface area contributed by atoms with E-state index in [0.29, 0.717) is 5.02 Å². The number of hydrogen-bond acceptors (Lipinski definition) is 5. The number of aromatic nitrogens is 3. The number of carboxylic acid groups (broad SMARTS) is 1. The lowest BCUT2D eigenvalue weighted by Crippen LogP contribution is -2.10. The van der Waals surface area contributed by atoms with Crippen LogP contribution in [0.3, 0.4) is 0 Å². The van der Waals surface area contributed by atoms with Crippen LogP contribution in [0.1, 0.15) is 27.3 Å². The predicted molar refractivity (Wildman–Crippen MR) is 147 cm³/mol. The summed E-state index contributed by atoms with van der Waals surface area (Å²) < 4.78 is 57.8. The number of methoxy groups -OCH3 is 1. The van der Waals surface area contributed by atoms with E-state index in [1.54, 1.807) is 34.9 Å². The summed E-state index contributed by atoms with van der Waals surface area (Å²) in [5.74, 6) is -3.11. The number of carboxylic acids is 1. The van der Waals surface area contributed by atoms with E-state index in [1.165, 1.54) is 13.2 Å². The van der Waals surface area contributed by atoms with E-state index >= 15 is 8.78 Å². The topological polar surface area (TPSA) is 86.5 Å². The molecule has 0 saturated carbocycles. The quantitative estimate of drug-likeness (QED) is 0.198. The molecule has 0 aliphatic rings. The highest BCUT2D eigenvalue weighted by Crippen LogP contribution is 2.29. The minimum atomic E-state index is -1.30. The van der Waals surface area contributed by atoms with Crippen LogP contribution < -0.4 is 4.74 Å². The maximum Gasteiger partial charge on any atom is 0.335 e. The summed E-state index contributed by atoms with van der Waals surface area (Å²) in [5, 5.41) is 9.94. The molecule has 5 rings (SSSR count). The summed E-state index contributed by atoms with van der Waals surface area (Å²) in [4.78, 5) is 20.1. The Balaban J connectivity index is 1.43. The van der Waals surface area contributed by atoms with Crippen LogP contribution in [0, 0.1) is 17.5 Å². The Morgan fingerprint density at radius 3 is 2.49 bits per heavy atom. The van der Waals surface area contributed by atoms with Gasteiger partial charge in [-0.25, -0.2) is 27.9 Å². The molecule has 0 saturated heterocycles. The van der Waals surface area contributed by atoms with Crippen LogP contribution in [-0.4, -0.2) is 39.3 Å². The maximum atomic E-state index is 15.3. The standard InChI is InChI=1S/C30H23ClF3N3O4/c1-40-10-9-37-26-13-19(30(38)39)12-24(34)29(26)36-27(37)14-18-11-23(33)21(15-22(18)32)25-3-2-4-28(35-25)41-16-17-5-7-20(31)8-6-17/h2-8,11-13,15H,9-10,14,16H2,1H3,(H,38,39). The van der Waals surface area contributed by atoms with Gasteiger partial charge < -0.3 is 19.1 Å². The molecule has 41 heavy (non-hydrogen) atoms. The Bertz CT molecular complexity index is 1740. The third-order valence-corrected chi connectivity index (χ3v) is 6.69. The lowest BCUT2D eigenvalue weighted by atomic mass is 10.0. The van der Waals surface area contributed by atoms with Crippen molar-refractivity contribution in [3.8, 4) is 17.1 Å². The summed E-state index contributed by atoms with van der Waals surface area (Å²) in [5.41, 5.74) is 0.844. The van der Waals surface area contributed by atoms with Gasteiger partial charge in [-0.1, -0.05) is 29.8 Å². The number of ether oxygens (including phenoxy) is 2. The molecule has 1 N–H and O–H groups in total. The molecule has 0 unspecified atom stereocenters. The highest BCUT2D eigenvalue weighted by atomic mass is 35.5. The molecule has 0 aliphatic heterocycles. The molecule has 210 valence electrons. The number of fused-ring (bicyclic) bond motifs is 1. The number of carbonyl (C=O) groups is 1. The zero-order valence-electron chi connectivity index (χ0n) is 21.7. The first-order chi connectivity index (χ1) is 19.7. The lowest BCUT2D eigenvalue weighted by Gasteiger charge is -2.12. The van der Waals surface area contributed by atoms with Crippen LogP contribution in [-0.2, 0) is 24.3 Å². The number of benzene rings is 3. The van der Waals surface area contributed by atoms with Gasteiger partial charge in [0.05, 0.1) is 23.4 Å². The zero-order valence-corrected chi connectivity index (χ0v) is 22.5. The summed E-state index contributed by atoms with van der Waals surface area (Å²) in [7, 11) is 1.47. The molecule has 3 aromatic carbocycles. The molecule has 2 aromatic heterocycles. The smallest absolute Gasteiger partial charge is 0.335 e. The number of aromatic carboxylic acids is 1. The van der Waals surface area contributed by atoms with E-state index in [0.717, 1.165) is 23.8 Å². The predicted octanol–water partition coefficient (Wildman–Crippen LogP) is 6.68. The molecule has 2 heterocycles. The molecule has 5 aromatic rings. The second kappa shape index (κ2) is 12.0. The van der Waals surface area contributed by atoms with Crippen molar-refractivity contribution in [1.29, 1.82) is 0 Å². The Hall–Kier alpha value is -4.41. The summed E-state index contributed by atoms with van der Waals surface area (Å²) in [6.07, 6.45) is -0.180. The molecule has 0 atom stereocenters. The Morgan fingerprint density at radius 2 is 1.76 bits per heavy atom. The number of imidazole rings is 1. The second-order valence-electron chi connectivity index (χ2n) is 9.18. The van der Waals surface area contributed by atoms with Gasteiger partial charge in [0, 0.05) is 36.7 Å². The van der Waals surface area contributed by atoms with Crippen LogP contribution >= 0.6 is 11.6 Å². The van der Waals surface area contributed by atoms with Crippen molar-refractivity contribution >= 4 is 28.6 Å². The lowest BCUT2D eigenvalue weighted by molar-refractivity contribution is 0.0696. The van der Waals surface area contributed by atoms with Gasteiger partial charge in [-0.05, 0) is 53.6 Å². The van der Waals surface area contributed by atoms with Gasteiger partial charge in [0.15, 0.2) is 5.82 Å². The van der Waals surface area contributed by atoms with Gasteiger partial charge >= 0.3 is 5.97 Å². The van der Waals surface area contributed by atoms with Crippen LogP contribution in [0.4, 0.5) is 13.2 Å². The molecule has 0 radical (unpaired) electrons. The highest BCUT2D eigenvalue weighted by Gasteiger charge is 2.20. The van der Waals surface area contributed by atoms with E-state index in [1.807, 2.05) is 12.1 Å². The van der Waals surface area contributed by atoms with Gasteiger partial charge in [-0.15, -0.1) is 0 Å². The molecule has 0 aliphatic carbocycles. The first kappa shape index (κ1) is 28.1. The third kappa shape index (κ3) is 6.18. The van der Waals surface area contributed by atoms with Crippen LogP contribution in [0.15, 0.2) is 66.7 Å². The summed E-state index contributed by atoms with van der Waals surface area (Å²) >= 11 is 5.91. The number of pyridine rings is 1. The van der Waals surface area contributed by atoms with Crippen molar-refractivity contribution in [2.24, 2.45) is 0 Å². The number of hydrogen-bond donors (Lipinski definition) is 1. The van der Waals surface area contributed by atoms with E-state index in [-0.39, 0.29) is 71.3 Å². The van der Waals surface area contributed by atoms with Crippen molar-refractivity contribution in [1.82, 2.24) is 14.5 Å². The third-order valence-electron chi connectivity index (χ3n) is 6.44. The van der Waals surface area contributed by atoms with E-state index in [9.17, 15) is 14.3 Å². The average Bonchev–Trinajstić information content (AvgIpc) is 3.30. The monoisotopic (exact) mass is 581 g/mol. The number of rotatable bonds is 10. The van der Waals surface area contributed by atoms with Gasteiger partial charge in [0.25, 0.3) is 0 Å². The minimum absolute atomic E-state index is 0.0192. The fourth-order valence-corrected chi connectivity index (χ4v) is 4.52. The van der Waals surface area contributed by atoms with Gasteiger partial charge in [0.1, 0.15) is 29.6 Å². The minimum Gasteiger partial charge on any atom is -0.478 e. The fraction of sp³-hybridized carbons (Fsp3) is 0.167. The van der Waals surface area contributed by atoms with E-state index < -0.39 is 23.4 Å². The van der Waals surface area contributed by atoms with Gasteiger partial charge in [-0.3, -0.25) is 0 Å². The summed E-state index contributed by atoms with van der Waals surface area (Å²) in [6, 6.07) is 16.1. The fourth-order valence-electron chi connectivity index (χ4n) is 4.39. The molecular formula is C30H23ClF3N3O4. The Labute approximate surface area is 237 Å². The molecule has 0 bridgehead atoms.